The molecule has 0 aliphatic rings. The minimum atomic E-state index is 0.135. The average Bonchev–Trinajstić information content (AvgIpc) is 2.75. The van der Waals surface area contributed by atoms with E-state index >= 15 is 0 Å². The molecule has 0 amide bonds. The summed E-state index contributed by atoms with van der Waals surface area (Å²) >= 11 is 1.76. The summed E-state index contributed by atoms with van der Waals surface area (Å²) in [6.45, 7) is 8.34. The largest absolute Gasteiger partial charge is 0.307 e. The highest BCUT2D eigenvalue weighted by Crippen LogP contribution is 2.30. The Morgan fingerprint density at radius 3 is 2.22 bits per heavy atom. The van der Waals surface area contributed by atoms with Crippen LogP contribution in [-0.2, 0) is 7.05 Å². The fourth-order valence-electron chi connectivity index (χ4n) is 2.22. The zero-order valence-electron chi connectivity index (χ0n) is 11.8. The Morgan fingerprint density at radius 1 is 1.17 bits per heavy atom. The third-order valence-corrected chi connectivity index (χ3v) is 4.57. The normalized spacial score (nSPS) is 13.0. The van der Waals surface area contributed by atoms with Gasteiger partial charge in [0, 0.05) is 23.2 Å². The van der Waals surface area contributed by atoms with Crippen molar-refractivity contribution in [2.45, 2.75) is 33.7 Å². The Kier molecular flexibility index (Phi) is 3.54. The van der Waals surface area contributed by atoms with Crippen molar-refractivity contribution in [2.75, 3.05) is 7.05 Å². The summed E-state index contributed by atoms with van der Waals surface area (Å²) in [5, 5.41) is 8.97. The smallest absolute Gasteiger partial charge is 0.115 e. The molecule has 98 valence electrons. The topological polar surface area (TPSA) is 42.7 Å². The molecule has 2 aromatic heterocycles. The Morgan fingerprint density at radius 2 is 1.83 bits per heavy atom. The van der Waals surface area contributed by atoms with Crippen LogP contribution in [0, 0.1) is 27.7 Å². The van der Waals surface area contributed by atoms with Crippen LogP contribution in [0.2, 0.25) is 0 Å². The lowest BCUT2D eigenvalue weighted by Gasteiger charge is -2.14. The van der Waals surface area contributed by atoms with E-state index in [-0.39, 0.29) is 6.04 Å². The Balaban J connectivity index is 2.51. The van der Waals surface area contributed by atoms with Gasteiger partial charge in [-0.25, -0.2) is 4.98 Å². The van der Waals surface area contributed by atoms with E-state index in [1.54, 1.807) is 11.3 Å². The molecule has 1 N–H and O–H groups in total. The van der Waals surface area contributed by atoms with Gasteiger partial charge in [-0.3, -0.25) is 4.68 Å². The van der Waals surface area contributed by atoms with Gasteiger partial charge in [0.1, 0.15) is 5.01 Å². The summed E-state index contributed by atoms with van der Waals surface area (Å²) in [7, 11) is 3.96. The van der Waals surface area contributed by atoms with Crippen LogP contribution in [0.15, 0.2) is 0 Å². The molecule has 2 heterocycles. The monoisotopic (exact) mass is 264 g/mol. The highest BCUT2D eigenvalue weighted by Gasteiger charge is 2.23. The third kappa shape index (κ3) is 2.08. The molecule has 0 aromatic carbocycles. The van der Waals surface area contributed by atoms with Crippen LogP contribution in [0.3, 0.4) is 0 Å². The minimum absolute atomic E-state index is 0.135. The fraction of sp³-hybridized carbons (Fsp3) is 0.538. The molecule has 0 saturated heterocycles. The second kappa shape index (κ2) is 4.82. The molecule has 2 rings (SSSR count). The lowest BCUT2D eigenvalue weighted by atomic mass is 10.1. The Labute approximate surface area is 112 Å². The number of nitrogens with one attached hydrogen (secondary N) is 1. The van der Waals surface area contributed by atoms with E-state index in [0.717, 1.165) is 16.4 Å². The van der Waals surface area contributed by atoms with Crippen molar-refractivity contribution >= 4 is 11.3 Å². The minimum Gasteiger partial charge on any atom is -0.307 e. The van der Waals surface area contributed by atoms with Crippen molar-refractivity contribution in [1.29, 1.82) is 0 Å². The molecule has 2 aromatic rings. The van der Waals surface area contributed by atoms with Gasteiger partial charge >= 0.3 is 0 Å². The standard InChI is InChI=1S/C13H20N4S/c1-7-10(4)18-13(15-7)12(14-5)11-8(2)16-17(6)9(11)3/h12,14H,1-6H3. The van der Waals surface area contributed by atoms with Crippen molar-refractivity contribution in [3.05, 3.63) is 32.5 Å². The summed E-state index contributed by atoms with van der Waals surface area (Å²) in [4.78, 5) is 5.95. The van der Waals surface area contributed by atoms with Crippen LogP contribution >= 0.6 is 11.3 Å². The zero-order valence-corrected chi connectivity index (χ0v) is 12.6. The summed E-state index contributed by atoms with van der Waals surface area (Å²) in [6.07, 6.45) is 0. The fourth-order valence-corrected chi connectivity index (χ4v) is 3.26. The quantitative estimate of drug-likeness (QED) is 0.926. The molecule has 0 radical (unpaired) electrons. The lowest BCUT2D eigenvalue weighted by molar-refractivity contribution is 0.672. The first-order valence-corrected chi connectivity index (χ1v) is 6.88. The summed E-state index contributed by atoms with van der Waals surface area (Å²) in [5.41, 5.74) is 4.63. The molecule has 18 heavy (non-hydrogen) atoms. The molecule has 0 aliphatic heterocycles. The molecule has 4 nitrogen and oxygen atoms in total. The van der Waals surface area contributed by atoms with Gasteiger partial charge in [-0.05, 0) is 34.7 Å². The van der Waals surface area contributed by atoms with Crippen molar-refractivity contribution < 1.29 is 0 Å². The van der Waals surface area contributed by atoms with Gasteiger partial charge in [-0.15, -0.1) is 11.3 Å². The van der Waals surface area contributed by atoms with Gasteiger partial charge in [-0.1, -0.05) is 0 Å². The van der Waals surface area contributed by atoms with Crippen LogP contribution in [0.5, 0.6) is 0 Å². The van der Waals surface area contributed by atoms with Crippen LogP contribution in [-0.4, -0.2) is 21.8 Å². The molecule has 0 saturated carbocycles. The zero-order chi connectivity index (χ0) is 13.4. The molecular weight excluding hydrogens is 244 g/mol. The number of hydrogen-bond acceptors (Lipinski definition) is 4. The van der Waals surface area contributed by atoms with E-state index in [1.807, 2.05) is 18.8 Å². The molecule has 1 atom stereocenters. The van der Waals surface area contributed by atoms with Crippen LogP contribution in [0.1, 0.15) is 38.6 Å². The highest BCUT2D eigenvalue weighted by molar-refractivity contribution is 7.11. The van der Waals surface area contributed by atoms with E-state index < -0.39 is 0 Å². The van der Waals surface area contributed by atoms with E-state index in [0.29, 0.717) is 0 Å². The van der Waals surface area contributed by atoms with Gasteiger partial charge in [0.2, 0.25) is 0 Å². The number of hydrogen-bond donors (Lipinski definition) is 1. The van der Waals surface area contributed by atoms with Gasteiger partial charge in [-0.2, -0.15) is 5.10 Å². The van der Waals surface area contributed by atoms with Crippen LogP contribution in [0.4, 0.5) is 0 Å². The second-order valence-corrected chi connectivity index (χ2v) is 5.86. The Bertz CT molecular complexity index is 548. The molecular formula is C13H20N4S. The second-order valence-electron chi connectivity index (χ2n) is 4.62. The maximum absolute atomic E-state index is 4.67. The van der Waals surface area contributed by atoms with E-state index in [9.17, 15) is 0 Å². The first-order valence-electron chi connectivity index (χ1n) is 6.07. The van der Waals surface area contributed by atoms with E-state index in [2.05, 4.69) is 43.1 Å². The van der Waals surface area contributed by atoms with Crippen LogP contribution < -0.4 is 5.32 Å². The molecule has 0 fully saturated rings. The van der Waals surface area contributed by atoms with E-state index in [4.69, 9.17) is 0 Å². The average molecular weight is 264 g/mol. The van der Waals surface area contributed by atoms with Crippen molar-refractivity contribution in [2.24, 2.45) is 7.05 Å². The SMILES string of the molecule is CNC(c1nc(C)c(C)s1)c1c(C)nn(C)c1C. The molecule has 1 unspecified atom stereocenters. The molecule has 0 bridgehead atoms. The summed E-state index contributed by atoms with van der Waals surface area (Å²) in [6, 6.07) is 0.135. The maximum atomic E-state index is 4.67. The summed E-state index contributed by atoms with van der Waals surface area (Å²) in [5.74, 6) is 0. The number of thiazole rings is 1. The van der Waals surface area contributed by atoms with Gasteiger partial charge in [0.25, 0.3) is 0 Å². The van der Waals surface area contributed by atoms with Crippen LogP contribution in [0.25, 0.3) is 0 Å². The molecule has 0 spiro atoms. The van der Waals surface area contributed by atoms with Crippen molar-refractivity contribution in [3.8, 4) is 0 Å². The van der Waals surface area contributed by atoms with Gasteiger partial charge in [0.05, 0.1) is 17.4 Å². The number of aryl methyl sites for hydroxylation is 4. The number of aromatic nitrogens is 3. The summed E-state index contributed by atoms with van der Waals surface area (Å²) < 4.78 is 1.93. The maximum Gasteiger partial charge on any atom is 0.115 e. The van der Waals surface area contributed by atoms with Crippen molar-refractivity contribution in [1.82, 2.24) is 20.1 Å². The molecule has 0 aliphatic carbocycles. The first-order chi connectivity index (χ1) is 8.45. The van der Waals surface area contributed by atoms with Crippen molar-refractivity contribution in [3.63, 3.8) is 0 Å². The number of rotatable bonds is 3. The van der Waals surface area contributed by atoms with E-state index in [1.165, 1.54) is 16.1 Å². The lowest BCUT2D eigenvalue weighted by Crippen LogP contribution is -2.19. The Hall–Kier alpha value is -1.20. The number of nitrogens with zero attached hydrogens (tertiary/aromatic N) is 3. The predicted molar refractivity (Wildman–Crippen MR) is 75.2 cm³/mol. The third-order valence-electron chi connectivity index (χ3n) is 3.43. The molecule has 5 heteroatoms. The van der Waals surface area contributed by atoms with Gasteiger partial charge in [0.15, 0.2) is 0 Å². The first kappa shape index (κ1) is 13.2. The highest BCUT2D eigenvalue weighted by atomic mass is 32.1. The van der Waals surface area contributed by atoms with Gasteiger partial charge < -0.3 is 5.32 Å². The predicted octanol–water partition coefficient (Wildman–Crippen LogP) is 2.42.